The van der Waals surface area contributed by atoms with Crippen LogP contribution in [0.4, 0.5) is 0 Å². The van der Waals surface area contributed by atoms with Gasteiger partial charge in [0, 0.05) is 6.04 Å². The molecule has 4 fully saturated rings. The number of hydrogen-bond donors (Lipinski definition) is 2. The zero-order valence-electron chi connectivity index (χ0n) is 13.7. The maximum atomic E-state index is 13.0. The van der Waals surface area contributed by atoms with Gasteiger partial charge >= 0.3 is 0 Å². The highest BCUT2D eigenvalue weighted by Crippen LogP contribution is 2.54. The van der Waals surface area contributed by atoms with Crippen LogP contribution >= 0.6 is 0 Å². The molecule has 3 saturated heterocycles. The van der Waals surface area contributed by atoms with Gasteiger partial charge in [0.25, 0.3) is 0 Å². The normalized spacial score (nSPS) is 43.0. The van der Waals surface area contributed by atoms with Gasteiger partial charge in [0.2, 0.25) is 0 Å². The van der Waals surface area contributed by atoms with E-state index in [0.29, 0.717) is 0 Å². The highest BCUT2D eigenvalue weighted by molar-refractivity contribution is 6.22. The smallest absolute Gasteiger partial charge is 0.181 e. The van der Waals surface area contributed by atoms with Crippen molar-refractivity contribution < 1.29 is 19.8 Å². The predicted molar refractivity (Wildman–Crippen MR) is 85.9 cm³/mol. The monoisotopic (exact) mass is 317 g/mol. The minimum Gasteiger partial charge on any atom is -0.507 e. The van der Waals surface area contributed by atoms with Gasteiger partial charge in [-0.3, -0.25) is 14.5 Å². The summed E-state index contributed by atoms with van der Waals surface area (Å²) in [4.78, 5) is 27.8. The van der Waals surface area contributed by atoms with Crippen LogP contribution in [0, 0.1) is 5.41 Å². The number of piperidine rings is 2. The number of aliphatic hydroxyl groups is 2. The molecule has 0 aromatic heterocycles. The molecule has 4 atom stereocenters. The fourth-order valence-electron chi connectivity index (χ4n) is 4.55. The number of rotatable bonds is 2. The van der Waals surface area contributed by atoms with Crippen LogP contribution in [0.25, 0.3) is 0 Å². The fraction of sp³-hybridized carbons (Fsp3) is 0.556. The van der Waals surface area contributed by atoms with Gasteiger partial charge in [-0.15, -0.1) is 0 Å². The second kappa shape index (κ2) is 5.14. The number of fused-ring (bicyclic) bond motifs is 2. The molecular formula is C18H23NO4. The summed E-state index contributed by atoms with van der Waals surface area (Å²) in [5.41, 5.74) is -2.79. The molecule has 0 aromatic carbocycles. The van der Waals surface area contributed by atoms with E-state index in [9.17, 15) is 19.8 Å². The summed E-state index contributed by atoms with van der Waals surface area (Å²) in [6.45, 7) is 5.65. The van der Waals surface area contributed by atoms with Gasteiger partial charge in [-0.1, -0.05) is 18.2 Å². The number of carbonyl (C=O) groups excluding carboxylic acids is 2. The summed E-state index contributed by atoms with van der Waals surface area (Å²) < 4.78 is 0. The SMILES string of the molecule is CC=CC=CC(O)=C1C(=O)C2(C)C(=O)C(C)(O)C1N1CCCC12. The van der Waals surface area contributed by atoms with Crippen LogP contribution in [0.5, 0.6) is 0 Å². The first-order valence-electron chi connectivity index (χ1n) is 8.08. The Hall–Kier alpha value is -1.72. The molecule has 2 bridgehead atoms. The van der Waals surface area contributed by atoms with Crippen LogP contribution in [-0.4, -0.2) is 50.9 Å². The molecule has 3 heterocycles. The van der Waals surface area contributed by atoms with E-state index in [1.807, 2.05) is 11.8 Å². The quantitative estimate of drug-likeness (QED) is 0.351. The van der Waals surface area contributed by atoms with Gasteiger partial charge in [0.05, 0.1) is 11.6 Å². The van der Waals surface area contributed by atoms with Crippen molar-refractivity contribution in [3.8, 4) is 0 Å². The van der Waals surface area contributed by atoms with Crippen LogP contribution in [0.2, 0.25) is 0 Å². The molecule has 1 saturated carbocycles. The van der Waals surface area contributed by atoms with Crippen LogP contribution in [0.3, 0.4) is 0 Å². The number of Topliss-reactive ketones (excluding diaryl/α,β-unsaturated/α-hetero) is 2. The first kappa shape index (κ1) is 16.1. The van der Waals surface area contributed by atoms with Gasteiger partial charge < -0.3 is 10.2 Å². The lowest BCUT2D eigenvalue weighted by atomic mass is 9.55. The minimum absolute atomic E-state index is 0.163. The van der Waals surface area contributed by atoms with E-state index in [1.54, 1.807) is 25.2 Å². The van der Waals surface area contributed by atoms with E-state index in [2.05, 4.69) is 0 Å². The van der Waals surface area contributed by atoms with E-state index in [0.717, 1.165) is 19.4 Å². The third kappa shape index (κ3) is 1.93. The number of hydrogen-bond acceptors (Lipinski definition) is 5. The molecule has 0 radical (unpaired) electrons. The van der Waals surface area contributed by atoms with E-state index < -0.39 is 22.8 Å². The first-order valence-corrected chi connectivity index (χ1v) is 8.08. The van der Waals surface area contributed by atoms with Crippen LogP contribution < -0.4 is 0 Å². The summed E-state index contributed by atoms with van der Waals surface area (Å²) in [6.07, 6.45) is 8.28. The van der Waals surface area contributed by atoms with Crippen molar-refractivity contribution in [2.75, 3.05) is 6.54 Å². The molecule has 0 amide bonds. The maximum absolute atomic E-state index is 13.0. The molecule has 4 aliphatic rings. The average Bonchev–Trinajstić information content (AvgIpc) is 2.98. The number of allylic oxidation sites excluding steroid dienone is 4. The maximum Gasteiger partial charge on any atom is 0.181 e. The van der Waals surface area contributed by atoms with E-state index in [1.165, 1.54) is 13.0 Å². The molecule has 1 aliphatic carbocycles. The van der Waals surface area contributed by atoms with E-state index in [-0.39, 0.29) is 23.2 Å². The van der Waals surface area contributed by atoms with Gasteiger partial charge in [0.15, 0.2) is 11.6 Å². The molecule has 5 heteroatoms. The zero-order valence-corrected chi connectivity index (χ0v) is 13.7. The second-order valence-corrected chi connectivity index (χ2v) is 6.99. The molecule has 2 N–H and O–H groups in total. The summed E-state index contributed by atoms with van der Waals surface area (Å²) in [5, 5.41) is 21.3. The van der Waals surface area contributed by atoms with Crippen molar-refractivity contribution in [3.63, 3.8) is 0 Å². The Labute approximate surface area is 136 Å². The Morgan fingerprint density at radius 1 is 1.30 bits per heavy atom. The van der Waals surface area contributed by atoms with Gasteiger partial charge in [-0.25, -0.2) is 0 Å². The molecular weight excluding hydrogens is 294 g/mol. The topological polar surface area (TPSA) is 77.8 Å². The minimum atomic E-state index is -1.67. The lowest BCUT2D eigenvalue weighted by molar-refractivity contribution is -0.180. The van der Waals surface area contributed by atoms with Crippen LogP contribution in [0.1, 0.15) is 33.6 Å². The molecule has 4 rings (SSSR count). The van der Waals surface area contributed by atoms with Gasteiger partial charge in [-0.05, 0) is 46.2 Å². The summed E-state index contributed by atoms with van der Waals surface area (Å²) in [7, 11) is 0. The Morgan fingerprint density at radius 3 is 2.65 bits per heavy atom. The largest absolute Gasteiger partial charge is 0.507 e. The van der Waals surface area contributed by atoms with Gasteiger partial charge in [0.1, 0.15) is 16.8 Å². The van der Waals surface area contributed by atoms with E-state index in [4.69, 9.17) is 0 Å². The van der Waals surface area contributed by atoms with Crippen LogP contribution in [0.15, 0.2) is 35.6 Å². The molecule has 0 aromatic rings. The first-order chi connectivity index (χ1) is 10.8. The third-order valence-electron chi connectivity index (χ3n) is 5.58. The Balaban J connectivity index is 2.19. The number of ketones is 2. The zero-order chi connectivity index (χ0) is 17.0. The highest BCUT2D eigenvalue weighted by atomic mass is 16.3. The average molecular weight is 317 g/mol. The fourth-order valence-corrected chi connectivity index (χ4v) is 4.55. The lowest BCUT2D eigenvalue weighted by Crippen LogP contribution is -2.77. The van der Waals surface area contributed by atoms with Crippen molar-refractivity contribution >= 4 is 11.6 Å². The van der Waals surface area contributed by atoms with Crippen molar-refractivity contribution in [2.45, 2.75) is 51.3 Å². The van der Waals surface area contributed by atoms with Crippen molar-refractivity contribution in [1.82, 2.24) is 4.90 Å². The molecule has 124 valence electrons. The second-order valence-electron chi connectivity index (χ2n) is 6.99. The predicted octanol–water partition coefficient (Wildman–Crippen LogP) is 1.69. The number of nitrogens with zero attached hydrogens (tertiary/aromatic N) is 1. The standard InChI is InChI=1S/C18H23NO4/c1-4-5-6-8-11(20)13-14-18(3,23)16(22)17(2,15(13)21)12-9-7-10-19(12)14/h4-6,8,12,14,20,23H,7,9-10H2,1-3H3. The molecule has 4 unspecified atom stereocenters. The Kier molecular flexibility index (Phi) is 3.61. The van der Waals surface area contributed by atoms with Crippen molar-refractivity contribution in [1.29, 1.82) is 0 Å². The summed E-state index contributed by atoms with van der Waals surface area (Å²) in [5.74, 6) is -0.926. The van der Waals surface area contributed by atoms with Crippen molar-refractivity contribution in [3.05, 3.63) is 35.6 Å². The molecule has 23 heavy (non-hydrogen) atoms. The third-order valence-corrected chi connectivity index (χ3v) is 5.58. The van der Waals surface area contributed by atoms with E-state index >= 15 is 0 Å². The Morgan fingerprint density at radius 2 is 2.00 bits per heavy atom. The number of aliphatic hydroxyl groups excluding tert-OH is 1. The van der Waals surface area contributed by atoms with Gasteiger partial charge in [-0.2, -0.15) is 0 Å². The van der Waals surface area contributed by atoms with Crippen molar-refractivity contribution in [2.24, 2.45) is 5.41 Å². The molecule has 5 nitrogen and oxygen atoms in total. The van der Waals surface area contributed by atoms with Crippen LogP contribution in [-0.2, 0) is 9.59 Å². The highest BCUT2D eigenvalue weighted by Gasteiger charge is 2.71. The summed E-state index contributed by atoms with van der Waals surface area (Å²) in [6, 6.07) is -0.948. The molecule has 0 spiro atoms. The Bertz CT molecular complexity index is 658. The molecule has 3 aliphatic heterocycles. The number of carbonyl (C=O) groups is 2. The lowest BCUT2D eigenvalue weighted by Gasteiger charge is -2.58. The summed E-state index contributed by atoms with van der Waals surface area (Å²) >= 11 is 0.